The maximum atomic E-state index is 5.60. The highest BCUT2D eigenvalue weighted by Crippen LogP contribution is 2.15. The van der Waals surface area contributed by atoms with Crippen molar-refractivity contribution < 1.29 is 9.26 Å². The fraction of sp³-hybridized carbons (Fsp3) is 0.800. The first kappa shape index (κ1) is 12.1. The van der Waals surface area contributed by atoms with Gasteiger partial charge in [-0.25, -0.2) is 0 Å². The van der Waals surface area contributed by atoms with Crippen molar-refractivity contribution in [1.29, 1.82) is 0 Å². The highest BCUT2D eigenvalue weighted by atomic mass is 16.5. The first-order valence-electron chi connectivity index (χ1n) is 5.33. The molecule has 1 heterocycles. The molecule has 0 spiro atoms. The summed E-state index contributed by atoms with van der Waals surface area (Å²) in [4.78, 5) is 4.31. The molecule has 0 bridgehead atoms. The van der Waals surface area contributed by atoms with Crippen LogP contribution in [0.5, 0.6) is 0 Å². The molecule has 0 radical (unpaired) electrons. The molecule has 0 aromatic carbocycles. The third kappa shape index (κ3) is 3.60. The monoisotopic (exact) mass is 213 g/mol. The Morgan fingerprint density at radius 2 is 2.33 bits per heavy atom. The van der Waals surface area contributed by atoms with Gasteiger partial charge in [0, 0.05) is 26.7 Å². The van der Waals surface area contributed by atoms with Gasteiger partial charge >= 0.3 is 0 Å². The van der Waals surface area contributed by atoms with E-state index in [-0.39, 0.29) is 5.92 Å². The van der Waals surface area contributed by atoms with Crippen molar-refractivity contribution >= 4 is 0 Å². The maximum Gasteiger partial charge on any atom is 0.231 e. The minimum Gasteiger partial charge on any atom is -0.385 e. The van der Waals surface area contributed by atoms with Crippen molar-refractivity contribution in [2.24, 2.45) is 5.73 Å². The lowest BCUT2D eigenvalue weighted by molar-refractivity contribution is 0.194. The number of methoxy groups -OCH3 is 1. The van der Waals surface area contributed by atoms with Gasteiger partial charge in [-0.05, 0) is 12.8 Å². The van der Waals surface area contributed by atoms with Gasteiger partial charge in [-0.15, -0.1) is 0 Å². The highest BCUT2D eigenvalue weighted by Gasteiger charge is 2.15. The van der Waals surface area contributed by atoms with Crippen LogP contribution in [-0.4, -0.2) is 30.4 Å². The molecule has 0 amide bonds. The number of aryl methyl sites for hydroxylation is 1. The largest absolute Gasteiger partial charge is 0.385 e. The molecule has 5 heteroatoms. The molecule has 15 heavy (non-hydrogen) atoms. The number of rotatable bonds is 7. The van der Waals surface area contributed by atoms with Crippen LogP contribution < -0.4 is 5.73 Å². The third-order valence-corrected chi connectivity index (χ3v) is 2.36. The first-order chi connectivity index (χ1) is 7.31. The Labute approximate surface area is 90.0 Å². The van der Waals surface area contributed by atoms with E-state index in [0.717, 1.165) is 31.7 Å². The van der Waals surface area contributed by atoms with Crippen LogP contribution in [0.25, 0.3) is 0 Å². The van der Waals surface area contributed by atoms with Gasteiger partial charge < -0.3 is 15.0 Å². The van der Waals surface area contributed by atoms with E-state index in [1.165, 1.54) is 0 Å². The normalized spacial score (nSPS) is 13.0. The highest BCUT2D eigenvalue weighted by molar-refractivity contribution is 4.94. The van der Waals surface area contributed by atoms with E-state index in [1.54, 1.807) is 7.11 Å². The first-order valence-corrected chi connectivity index (χ1v) is 5.33. The molecule has 0 aliphatic rings. The molecule has 1 rings (SSSR count). The summed E-state index contributed by atoms with van der Waals surface area (Å²) < 4.78 is 10.1. The summed E-state index contributed by atoms with van der Waals surface area (Å²) in [5.41, 5.74) is 5.60. The van der Waals surface area contributed by atoms with Crippen molar-refractivity contribution in [3.05, 3.63) is 11.7 Å². The summed E-state index contributed by atoms with van der Waals surface area (Å²) in [6.07, 6.45) is 2.63. The molecule has 86 valence electrons. The summed E-state index contributed by atoms with van der Waals surface area (Å²) in [6.45, 7) is 3.33. The van der Waals surface area contributed by atoms with E-state index in [4.69, 9.17) is 15.0 Å². The van der Waals surface area contributed by atoms with Crippen LogP contribution in [0, 0.1) is 0 Å². The quantitative estimate of drug-likeness (QED) is 0.686. The molecule has 2 N–H and O–H groups in total. The number of aromatic nitrogens is 2. The van der Waals surface area contributed by atoms with Crippen molar-refractivity contribution in [3.8, 4) is 0 Å². The SMILES string of the molecule is CCC(CN)c1nc(CCCOC)no1. The lowest BCUT2D eigenvalue weighted by Gasteiger charge is -2.04. The van der Waals surface area contributed by atoms with Crippen LogP contribution in [0.15, 0.2) is 4.52 Å². The molecular weight excluding hydrogens is 194 g/mol. The Balaban J connectivity index is 2.47. The van der Waals surface area contributed by atoms with Gasteiger partial charge in [0.25, 0.3) is 0 Å². The zero-order valence-corrected chi connectivity index (χ0v) is 9.40. The predicted octanol–water partition coefficient (Wildman–Crippen LogP) is 1.10. The predicted molar refractivity (Wildman–Crippen MR) is 56.6 cm³/mol. The number of hydrogen-bond donors (Lipinski definition) is 1. The van der Waals surface area contributed by atoms with E-state index < -0.39 is 0 Å². The molecule has 1 aromatic heterocycles. The van der Waals surface area contributed by atoms with E-state index in [0.29, 0.717) is 12.4 Å². The van der Waals surface area contributed by atoms with Gasteiger partial charge in [-0.3, -0.25) is 0 Å². The molecule has 0 aliphatic carbocycles. The molecule has 1 unspecified atom stereocenters. The average Bonchev–Trinajstić information content (AvgIpc) is 2.69. The Morgan fingerprint density at radius 3 is 2.93 bits per heavy atom. The molecule has 0 aliphatic heterocycles. The fourth-order valence-electron chi connectivity index (χ4n) is 1.35. The second kappa shape index (κ2) is 6.53. The number of nitrogens with two attached hydrogens (primary N) is 1. The Morgan fingerprint density at radius 1 is 1.53 bits per heavy atom. The summed E-state index contributed by atoms with van der Waals surface area (Å²) >= 11 is 0. The van der Waals surface area contributed by atoms with Crippen molar-refractivity contribution in [2.75, 3.05) is 20.3 Å². The molecule has 1 atom stereocenters. The van der Waals surface area contributed by atoms with E-state index in [9.17, 15) is 0 Å². The van der Waals surface area contributed by atoms with E-state index >= 15 is 0 Å². The van der Waals surface area contributed by atoms with Gasteiger partial charge in [0.2, 0.25) is 5.89 Å². The molecule has 5 nitrogen and oxygen atoms in total. The van der Waals surface area contributed by atoms with Gasteiger partial charge in [-0.1, -0.05) is 12.1 Å². The lowest BCUT2D eigenvalue weighted by Crippen LogP contribution is -2.11. The molecule has 1 aromatic rings. The number of ether oxygens (including phenoxy) is 1. The summed E-state index contributed by atoms with van der Waals surface area (Å²) in [7, 11) is 1.68. The van der Waals surface area contributed by atoms with Crippen molar-refractivity contribution in [3.63, 3.8) is 0 Å². The van der Waals surface area contributed by atoms with Crippen LogP contribution in [0.1, 0.15) is 37.4 Å². The Hall–Kier alpha value is -0.940. The summed E-state index contributed by atoms with van der Waals surface area (Å²) in [5, 5.41) is 3.91. The van der Waals surface area contributed by atoms with Crippen LogP contribution >= 0.6 is 0 Å². The minimum atomic E-state index is 0.189. The van der Waals surface area contributed by atoms with E-state index in [1.807, 2.05) is 0 Å². The second-order valence-corrected chi connectivity index (χ2v) is 3.49. The van der Waals surface area contributed by atoms with Crippen LogP contribution in [0.2, 0.25) is 0 Å². The van der Waals surface area contributed by atoms with Crippen LogP contribution in [-0.2, 0) is 11.2 Å². The topological polar surface area (TPSA) is 74.2 Å². The number of hydrogen-bond acceptors (Lipinski definition) is 5. The van der Waals surface area contributed by atoms with Crippen molar-refractivity contribution in [2.45, 2.75) is 32.1 Å². The van der Waals surface area contributed by atoms with E-state index in [2.05, 4.69) is 17.1 Å². The molecule has 0 fully saturated rings. The summed E-state index contributed by atoms with van der Waals surface area (Å²) in [6, 6.07) is 0. The minimum absolute atomic E-state index is 0.189. The fourth-order valence-corrected chi connectivity index (χ4v) is 1.35. The third-order valence-electron chi connectivity index (χ3n) is 2.36. The lowest BCUT2D eigenvalue weighted by atomic mass is 10.1. The van der Waals surface area contributed by atoms with Gasteiger partial charge in [0.05, 0.1) is 5.92 Å². The molecule has 0 saturated carbocycles. The zero-order chi connectivity index (χ0) is 11.1. The standard InChI is InChI=1S/C10H19N3O2/c1-3-8(7-11)10-12-9(13-15-10)5-4-6-14-2/h8H,3-7,11H2,1-2H3. The van der Waals surface area contributed by atoms with Crippen LogP contribution in [0.3, 0.4) is 0 Å². The maximum absolute atomic E-state index is 5.60. The Bertz CT molecular complexity index is 271. The van der Waals surface area contributed by atoms with Gasteiger partial charge in [-0.2, -0.15) is 4.98 Å². The van der Waals surface area contributed by atoms with Gasteiger partial charge in [0.1, 0.15) is 0 Å². The smallest absolute Gasteiger partial charge is 0.231 e. The zero-order valence-electron chi connectivity index (χ0n) is 9.40. The second-order valence-electron chi connectivity index (χ2n) is 3.49. The van der Waals surface area contributed by atoms with Crippen LogP contribution in [0.4, 0.5) is 0 Å². The number of nitrogens with zero attached hydrogens (tertiary/aromatic N) is 2. The average molecular weight is 213 g/mol. The summed E-state index contributed by atoms with van der Waals surface area (Å²) in [5.74, 6) is 1.59. The van der Waals surface area contributed by atoms with Gasteiger partial charge in [0.15, 0.2) is 5.82 Å². The molecular formula is C10H19N3O2. The Kier molecular flexibility index (Phi) is 5.28. The molecule has 0 saturated heterocycles. The van der Waals surface area contributed by atoms with Crippen molar-refractivity contribution in [1.82, 2.24) is 10.1 Å².